The van der Waals surface area contributed by atoms with E-state index in [4.69, 9.17) is 4.74 Å². The Hall–Kier alpha value is -1.80. The zero-order valence-corrected chi connectivity index (χ0v) is 18.3. The summed E-state index contributed by atoms with van der Waals surface area (Å²) in [5.41, 5.74) is 0. The van der Waals surface area contributed by atoms with Gasteiger partial charge in [-0.15, -0.1) is 11.8 Å². The molecule has 5 atom stereocenters. The molecule has 2 amide bonds. The number of nitrogens with zero attached hydrogens (tertiary/aromatic N) is 2. The van der Waals surface area contributed by atoms with E-state index in [0.29, 0.717) is 13.2 Å². The number of amides is 2. The first-order valence-corrected chi connectivity index (χ1v) is 11.7. The van der Waals surface area contributed by atoms with Crippen LogP contribution in [0.1, 0.15) is 33.1 Å². The number of aliphatic hydroxyl groups is 1. The summed E-state index contributed by atoms with van der Waals surface area (Å²) in [7, 11) is 0. The standard InChI is InChI=1S/C22H30N2O5S/c1-14(2)23-10-7-9-22-17(19(26)24(11-12-25)18(22)20(23)27)16-15(30-22)8-5-3-4-6-13-29-21(16)28/h5,7-9,14-18,25H,3-4,6,10-13H2,1-2H3/b8-5-/t15-,16+,17+,18?,22+/m1/s1. The van der Waals surface area contributed by atoms with Gasteiger partial charge in [-0.1, -0.05) is 24.3 Å². The first-order valence-electron chi connectivity index (χ1n) is 10.8. The number of carbonyl (C=O) groups is 3. The minimum Gasteiger partial charge on any atom is -0.465 e. The minimum absolute atomic E-state index is 0.0144. The smallest absolute Gasteiger partial charge is 0.311 e. The van der Waals surface area contributed by atoms with E-state index in [-0.39, 0.29) is 42.2 Å². The fraction of sp³-hybridized carbons (Fsp3) is 0.682. The molecule has 0 saturated carbocycles. The number of carbonyl (C=O) groups excluding carboxylic acids is 3. The van der Waals surface area contributed by atoms with Crippen molar-refractivity contribution >= 4 is 29.5 Å². The molecule has 4 rings (SSSR count). The highest BCUT2D eigenvalue weighted by Gasteiger charge is 2.70. The van der Waals surface area contributed by atoms with Crippen molar-refractivity contribution in [3.8, 4) is 0 Å². The molecule has 1 N–H and O–H groups in total. The molecule has 2 saturated heterocycles. The fourth-order valence-corrected chi connectivity index (χ4v) is 7.25. The van der Waals surface area contributed by atoms with E-state index in [1.807, 2.05) is 32.1 Å². The lowest BCUT2D eigenvalue weighted by atomic mass is 9.78. The Morgan fingerprint density at radius 2 is 2.03 bits per heavy atom. The number of thioether (sulfide) groups is 1. The number of esters is 1. The van der Waals surface area contributed by atoms with Gasteiger partial charge in [-0.3, -0.25) is 14.4 Å². The molecule has 7 nitrogen and oxygen atoms in total. The maximum atomic E-state index is 13.6. The number of cyclic esters (lactones) is 1. The Morgan fingerprint density at radius 3 is 2.77 bits per heavy atom. The molecule has 0 aromatic carbocycles. The van der Waals surface area contributed by atoms with Crippen LogP contribution in [-0.4, -0.2) is 81.1 Å². The molecule has 0 aromatic rings. The summed E-state index contributed by atoms with van der Waals surface area (Å²) < 4.78 is 4.72. The highest BCUT2D eigenvalue weighted by Crippen LogP contribution is 2.60. The van der Waals surface area contributed by atoms with Crippen molar-refractivity contribution in [1.82, 2.24) is 9.80 Å². The molecule has 0 aliphatic carbocycles. The van der Waals surface area contributed by atoms with Crippen molar-refractivity contribution in [3.05, 3.63) is 24.3 Å². The predicted octanol–water partition coefficient (Wildman–Crippen LogP) is 1.37. The monoisotopic (exact) mass is 434 g/mol. The van der Waals surface area contributed by atoms with Crippen LogP contribution >= 0.6 is 11.8 Å². The fourth-order valence-electron chi connectivity index (χ4n) is 5.25. The molecule has 0 bridgehead atoms. The molecular formula is C22H30N2O5S. The first-order chi connectivity index (χ1) is 14.4. The molecule has 4 heterocycles. The molecule has 0 aromatic heterocycles. The second-order valence-electron chi connectivity index (χ2n) is 8.68. The Kier molecular flexibility index (Phi) is 5.99. The van der Waals surface area contributed by atoms with Crippen molar-refractivity contribution in [1.29, 1.82) is 0 Å². The largest absolute Gasteiger partial charge is 0.465 e. The van der Waals surface area contributed by atoms with Crippen LogP contribution in [-0.2, 0) is 19.1 Å². The molecule has 4 aliphatic heterocycles. The Labute approximate surface area is 181 Å². The molecular weight excluding hydrogens is 404 g/mol. The van der Waals surface area contributed by atoms with Crippen molar-refractivity contribution in [3.63, 3.8) is 0 Å². The second kappa shape index (κ2) is 8.38. The third kappa shape index (κ3) is 3.28. The number of aliphatic hydroxyl groups excluding tert-OH is 1. The summed E-state index contributed by atoms with van der Waals surface area (Å²) in [5.74, 6) is -2.02. The van der Waals surface area contributed by atoms with E-state index < -0.39 is 22.6 Å². The van der Waals surface area contributed by atoms with Crippen LogP contribution in [0, 0.1) is 11.8 Å². The molecule has 0 radical (unpaired) electrons. The minimum atomic E-state index is -0.834. The van der Waals surface area contributed by atoms with Crippen molar-refractivity contribution in [2.75, 3.05) is 26.3 Å². The van der Waals surface area contributed by atoms with Crippen LogP contribution in [0.25, 0.3) is 0 Å². The molecule has 30 heavy (non-hydrogen) atoms. The number of β-amino-alcohol motifs (C(OH)–C–C–N with tert-alkyl or cyclic N) is 1. The topological polar surface area (TPSA) is 87.2 Å². The average Bonchev–Trinajstić information content (AvgIpc) is 3.08. The van der Waals surface area contributed by atoms with Gasteiger partial charge < -0.3 is 19.6 Å². The van der Waals surface area contributed by atoms with Crippen molar-refractivity contribution in [2.24, 2.45) is 11.8 Å². The molecule has 164 valence electrons. The first kappa shape index (κ1) is 21.4. The molecule has 4 aliphatic rings. The highest BCUT2D eigenvalue weighted by molar-refractivity contribution is 8.02. The van der Waals surface area contributed by atoms with Gasteiger partial charge in [0.15, 0.2) is 0 Å². The maximum absolute atomic E-state index is 13.6. The molecule has 1 spiro atoms. The van der Waals surface area contributed by atoms with E-state index in [1.54, 1.807) is 4.90 Å². The van der Waals surface area contributed by atoms with E-state index in [9.17, 15) is 19.5 Å². The summed E-state index contributed by atoms with van der Waals surface area (Å²) in [4.78, 5) is 43.6. The lowest BCUT2D eigenvalue weighted by molar-refractivity contribution is -0.153. The van der Waals surface area contributed by atoms with Crippen LogP contribution in [0.15, 0.2) is 24.3 Å². The van der Waals surface area contributed by atoms with Crippen LogP contribution in [0.3, 0.4) is 0 Å². The van der Waals surface area contributed by atoms with Crippen molar-refractivity contribution < 1.29 is 24.2 Å². The summed E-state index contributed by atoms with van der Waals surface area (Å²) in [6.07, 6.45) is 10.7. The molecule has 1 unspecified atom stereocenters. The normalized spacial score (nSPS) is 37.5. The highest BCUT2D eigenvalue weighted by atomic mass is 32.2. The number of hydrogen-bond acceptors (Lipinski definition) is 6. The number of fused-ring (bicyclic) bond motifs is 2. The SMILES string of the molecule is CC(C)N1CC=C[C@]23S[C@@H]4/C=C\CCCCOC(=O)[C@@H]4[C@H]2C(=O)N(CCO)C3C1=O. The van der Waals surface area contributed by atoms with Crippen molar-refractivity contribution in [2.45, 2.75) is 55.2 Å². The maximum Gasteiger partial charge on any atom is 0.311 e. The third-order valence-electron chi connectivity index (χ3n) is 6.60. The van der Waals surface area contributed by atoms with Crippen LogP contribution < -0.4 is 0 Å². The number of hydrogen-bond donors (Lipinski definition) is 1. The summed E-state index contributed by atoms with van der Waals surface area (Å²) in [6, 6.07) is -0.744. The Bertz CT molecular complexity index is 781. The van der Waals surface area contributed by atoms with Gasteiger partial charge in [-0.05, 0) is 33.1 Å². The van der Waals surface area contributed by atoms with Gasteiger partial charge in [-0.25, -0.2) is 0 Å². The van der Waals surface area contributed by atoms with Gasteiger partial charge in [-0.2, -0.15) is 0 Å². The van der Waals surface area contributed by atoms with Gasteiger partial charge in [0.25, 0.3) is 0 Å². The summed E-state index contributed by atoms with van der Waals surface area (Å²) >= 11 is 1.54. The van der Waals surface area contributed by atoms with Gasteiger partial charge in [0.1, 0.15) is 6.04 Å². The number of rotatable bonds is 3. The lowest BCUT2D eigenvalue weighted by Crippen LogP contribution is -2.54. The second-order valence-corrected chi connectivity index (χ2v) is 10.2. The summed E-state index contributed by atoms with van der Waals surface area (Å²) in [5, 5.41) is 9.40. The zero-order valence-electron chi connectivity index (χ0n) is 17.5. The van der Waals surface area contributed by atoms with E-state index >= 15 is 0 Å². The van der Waals surface area contributed by atoms with Gasteiger partial charge in [0.2, 0.25) is 11.8 Å². The Morgan fingerprint density at radius 1 is 1.23 bits per heavy atom. The number of likely N-dealkylation sites (tertiary alicyclic amines) is 1. The predicted molar refractivity (Wildman–Crippen MR) is 114 cm³/mol. The quantitative estimate of drug-likeness (QED) is 0.533. The summed E-state index contributed by atoms with van der Waals surface area (Å²) in [6.45, 7) is 4.59. The van der Waals surface area contributed by atoms with Crippen LogP contribution in [0.4, 0.5) is 0 Å². The Balaban J connectivity index is 1.82. The third-order valence-corrected chi connectivity index (χ3v) is 8.34. The van der Waals surface area contributed by atoms with E-state index in [2.05, 4.69) is 6.08 Å². The average molecular weight is 435 g/mol. The van der Waals surface area contributed by atoms with Gasteiger partial charge >= 0.3 is 5.97 Å². The van der Waals surface area contributed by atoms with E-state index in [0.717, 1.165) is 19.3 Å². The van der Waals surface area contributed by atoms with Crippen LogP contribution in [0.5, 0.6) is 0 Å². The number of ether oxygens (including phenoxy) is 1. The zero-order chi connectivity index (χ0) is 21.5. The van der Waals surface area contributed by atoms with E-state index in [1.165, 1.54) is 16.7 Å². The van der Waals surface area contributed by atoms with Crippen LogP contribution in [0.2, 0.25) is 0 Å². The van der Waals surface area contributed by atoms with Gasteiger partial charge in [0.05, 0.1) is 29.8 Å². The van der Waals surface area contributed by atoms with Gasteiger partial charge in [0, 0.05) is 24.4 Å². The number of allylic oxidation sites excluding steroid dienone is 1. The molecule has 2 fully saturated rings. The lowest BCUT2D eigenvalue weighted by Gasteiger charge is -2.36. The molecule has 8 heteroatoms.